The van der Waals surface area contributed by atoms with Crippen LogP contribution >= 0.6 is 0 Å². The summed E-state index contributed by atoms with van der Waals surface area (Å²) in [7, 11) is 0. The van der Waals surface area contributed by atoms with E-state index >= 15 is 0 Å². The molecule has 2 atom stereocenters. The smallest absolute Gasteiger partial charge is 0.0858 e. The van der Waals surface area contributed by atoms with E-state index in [-0.39, 0.29) is 5.92 Å². The Bertz CT molecular complexity index is 434. The second kappa shape index (κ2) is 7.99. The highest BCUT2D eigenvalue weighted by Crippen LogP contribution is 2.29. The van der Waals surface area contributed by atoms with Crippen LogP contribution in [-0.2, 0) is 0 Å². The second-order valence-electron chi connectivity index (χ2n) is 5.40. The van der Waals surface area contributed by atoms with Crippen LogP contribution in [0.2, 0.25) is 0 Å². The Labute approximate surface area is 117 Å². The number of aliphatic hydroxyl groups excluding tert-OH is 1. The van der Waals surface area contributed by atoms with Crippen molar-refractivity contribution in [2.45, 2.75) is 53.1 Å². The van der Waals surface area contributed by atoms with E-state index in [1.807, 2.05) is 30.3 Å². The third-order valence-corrected chi connectivity index (χ3v) is 3.37. The van der Waals surface area contributed by atoms with E-state index in [0.29, 0.717) is 0 Å². The van der Waals surface area contributed by atoms with E-state index in [2.05, 4.69) is 33.4 Å². The van der Waals surface area contributed by atoms with Crippen molar-refractivity contribution in [3.05, 3.63) is 52.8 Å². The van der Waals surface area contributed by atoms with Crippen molar-refractivity contribution >= 4 is 0 Å². The molecule has 0 aromatic heterocycles. The van der Waals surface area contributed by atoms with Crippen LogP contribution in [0, 0.1) is 5.92 Å². The molecular formula is C18H26O. The number of hydrogen-bond donors (Lipinski definition) is 1. The first-order valence-electron chi connectivity index (χ1n) is 7.22. The molecule has 0 aliphatic rings. The molecule has 0 saturated carbocycles. The van der Waals surface area contributed by atoms with Crippen LogP contribution in [0.15, 0.2) is 47.2 Å². The van der Waals surface area contributed by atoms with Gasteiger partial charge in [-0.15, -0.1) is 5.73 Å². The molecule has 0 radical (unpaired) electrons. The molecule has 0 amide bonds. The van der Waals surface area contributed by atoms with E-state index < -0.39 is 6.10 Å². The number of rotatable bonds is 6. The van der Waals surface area contributed by atoms with Gasteiger partial charge in [0.1, 0.15) is 0 Å². The predicted octanol–water partition coefficient (Wildman–Crippen LogP) is 5.04. The largest absolute Gasteiger partial charge is 0.388 e. The topological polar surface area (TPSA) is 20.2 Å². The summed E-state index contributed by atoms with van der Waals surface area (Å²) >= 11 is 0. The molecule has 104 valence electrons. The van der Waals surface area contributed by atoms with Gasteiger partial charge in [0.15, 0.2) is 0 Å². The predicted molar refractivity (Wildman–Crippen MR) is 82.0 cm³/mol. The first kappa shape index (κ1) is 15.8. The van der Waals surface area contributed by atoms with E-state index in [1.165, 1.54) is 17.6 Å². The number of hydrogen-bond acceptors (Lipinski definition) is 1. The fourth-order valence-electron chi connectivity index (χ4n) is 2.22. The molecule has 0 aliphatic heterocycles. The molecule has 19 heavy (non-hydrogen) atoms. The minimum Gasteiger partial charge on any atom is -0.388 e. The Kier molecular flexibility index (Phi) is 6.62. The first-order chi connectivity index (χ1) is 9.06. The fraction of sp³-hybridized carbons (Fsp3) is 0.500. The third kappa shape index (κ3) is 5.06. The minimum atomic E-state index is -0.445. The van der Waals surface area contributed by atoms with Crippen LogP contribution in [0.4, 0.5) is 0 Å². The summed E-state index contributed by atoms with van der Waals surface area (Å²) in [6.45, 7) is 8.41. The summed E-state index contributed by atoms with van der Waals surface area (Å²) in [6, 6.07) is 9.90. The molecule has 1 aromatic carbocycles. The lowest BCUT2D eigenvalue weighted by Gasteiger charge is -2.21. The number of unbranched alkanes of at least 4 members (excludes halogenated alkanes) is 1. The van der Waals surface area contributed by atoms with Gasteiger partial charge < -0.3 is 5.11 Å². The molecule has 0 spiro atoms. The average Bonchev–Trinajstić information content (AvgIpc) is 2.42. The van der Waals surface area contributed by atoms with Gasteiger partial charge in [-0.25, -0.2) is 0 Å². The van der Waals surface area contributed by atoms with Crippen molar-refractivity contribution in [1.82, 2.24) is 0 Å². The molecular weight excluding hydrogens is 232 g/mol. The maximum absolute atomic E-state index is 10.5. The normalized spacial score (nSPS) is 13.5. The summed E-state index contributed by atoms with van der Waals surface area (Å²) in [6.07, 6.45) is 2.90. The highest BCUT2D eigenvalue weighted by Gasteiger charge is 2.19. The standard InChI is InChI=1S/C18H26O/c1-5-6-10-17(13-14(2)3)15(4)18(19)16-11-8-7-9-12-16/h7-9,11-12,15,18-19H,5-6,10H2,1-4H3. The molecule has 1 rings (SSSR count). The van der Waals surface area contributed by atoms with Crippen molar-refractivity contribution in [1.29, 1.82) is 0 Å². The Morgan fingerprint density at radius 3 is 2.37 bits per heavy atom. The Balaban J connectivity index is 2.94. The first-order valence-corrected chi connectivity index (χ1v) is 7.22. The lowest BCUT2D eigenvalue weighted by Crippen LogP contribution is -2.11. The van der Waals surface area contributed by atoms with Crippen molar-refractivity contribution in [3.8, 4) is 0 Å². The molecule has 1 N–H and O–H groups in total. The van der Waals surface area contributed by atoms with Gasteiger partial charge in [-0.3, -0.25) is 0 Å². The average molecular weight is 258 g/mol. The Morgan fingerprint density at radius 2 is 1.84 bits per heavy atom. The summed E-state index contributed by atoms with van der Waals surface area (Å²) < 4.78 is 0. The van der Waals surface area contributed by atoms with Gasteiger partial charge in [-0.1, -0.05) is 50.6 Å². The van der Waals surface area contributed by atoms with Crippen LogP contribution in [0.1, 0.15) is 58.6 Å². The highest BCUT2D eigenvalue weighted by atomic mass is 16.3. The van der Waals surface area contributed by atoms with E-state index in [0.717, 1.165) is 18.4 Å². The maximum atomic E-state index is 10.5. The summed E-state index contributed by atoms with van der Waals surface area (Å²) in [5.41, 5.74) is 6.84. The maximum Gasteiger partial charge on any atom is 0.0858 e. The molecule has 1 aromatic rings. The van der Waals surface area contributed by atoms with E-state index in [9.17, 15) is 5.11 Å². The molecule has 0 bridgehead atoms. The van der Waals surface area contributed by atoms with E-state index in [1.54, 1.807) is 0 Å². The monoisotopic (exact) mass is 258 g/mol. The van der Waals surface area contributed by atoms with Gasteiger partial charge in [0.2, 0.25) is 0 Å². The summed E-state index contributed by atoms with van der Waals surface area (Å²) in [5.74, 6) is 0.115. The minimum absolute atomic E-state index is 0.115. The van der Waals surface area contributed by atoms with Crippen molar-refractivity contribution in [2.75, 3.05) is 0 Å². The van der Waals surface area contributed by atoms with Crippen LogP contribution in [0.5, 0.6) is 0 Å². The summed E-state index contributed by atoms with van der Waals surface area (Å²) in [4.78, 5) is 0. The van der Waals surface area contributed by atoms with Crippen molar-refractivity contribution in [2.24, 2.45) is 5.92 Å². The van der Waals surface area contributed by atoms with Gasteiger partial charge in [0, 0.05) is 5.92 Å². The molecule has 1 nitrogen and oxygen atoms in total. The molecule has 0 heterocycles. The second-order valence-corrected chi connectivity index (χ2v) is 5.40. The molecule has 2 unspecified atom stereocenters. The van der Waals surface area contributed by atoms with Crippen molar-refractivity contribution in [3.63, 3.8) is 0 Å². The van der Waals surface area contributed by atoms with Crippen LogP contribution in [0.3, 0.4) is 0 Å². The van der Waals surface area contributed by atoms with Gasteiger partial charge >= 0.3 is 0 Å². The van der Waals surface area contributed by atoms with Crippen LogP contribution < -0.4 is 0 Å². The number of aliphatic hydroxyl groups is 1. The van der Waals surface area contributed by atoms with Gasteiger partial charge in [0.05, 0.1) is 6.10 Å². The van der Waals surface area contributed by atoms with Gasteiger partial charge in [-0.05, 0) is 43.4 Å². The SMILES string of the molecule is CCCCC(=C=C(C)C)C(C)C(O)c1ccccc1. The van der Waals surface area contributed by atoms with Crippen LogP contribution in [-0.4, -0.2) is 5.11 Å². The quantitative estimate of drug-likeness (QED) is 0.709. The van der Waals surface area contributed by atoms with Gasteiger partial charge in [-0.2, -0.15) is 0 Å². The highest BCUT2D eigenvalue weighted by molar-refractivity contribution is 5.21. The molecule has 1 heteroatoms. The lowest BCUT2D eigenvalue weighted by molar-refractivity contribution is 0.133. The zero-order valence-corrected chi connectivity index (χ0v) is 12.6. The Hall–Kier alpha value is -1.30. The third-order valence-electron chi connectivity index (χ3n) is 3.37. The van der Waals surface area contributed by atoms with Gasteiger partial charge in [0.25, 0.3) is 0 Å². The molecule has 0 fully saturated rings. The zero-order chi connectivity index (χ0) is 14.3. The van der Waals surface area contributed by atoms with Crippen molar-refractivity contribution < 1.29 is 5.11 Å². The molecule has 0 aliphatic carbocycles. The summed E-state index contributed by atoms with van der Waals surface area (Å²) in [5, 5.41) is 10.5. The van der Waals surface area contributed by atoms with E-state index in [4.69, 9.17) is 0 Å². The fourth-order valence-corrected chi connectivity index (χ4v) is 2.22. The lowest BCUT2D eigenvalue weighted by atomic mass is 9.88. The molecule has 0 saturated heterocycles. The van der Waals surface area contributed by atoms with Crippen LogP contribution in [0.25, 0.3) is 0 Å². The zero-order valence-electron chi connectivity index (χ0n) is 12.6. The Morgan fingerprint density at radius 1 is 1.21 bits per heavy atom. The number of benzene rings is 1.